The van der Waals surface area contributed by atoms with E-state index < -0.39 is 0 Å². The molecule has 0 aromatic rings. The Bertz CT molecular complexity index is 648. The second-order valence-corrected chi connectivity index (χ2v) is 9.81. The second-order valence-electron chi connectivity index (χ2n) is 9.81. The van der Waals surface area contributed by atoms with Gasteiger partial charge in [-0.05, 0) is 64.0 Å². The summed E-state index contributed by atoms with van der Waals surface area (Å²) in [6, 6.07) is 2.87. The maximum absolute atomic E-state index is 9.55. The van der Waals surface area contributed by atoms with E-state index in [0.717, 1.165) is 69.8 Å². The predicted molar refractivity (Wildman–Crippen MR) is 121 cm³/mol. The van der Waals surface area contributed by atoms with Crippen LogP contribution in [0.4, 0.5) is 0 Å². The fourth-order valence-corrected chi connectivity index (χ4v) is 5.76. The van der Waals surface area contributed by atoms with Crippen molar-refractivity contribution in [2.75, 3.05) is 58.9 Å². The first-order chi connectivity index (χ1) is 14.5. The molecule has 3 rings (SSSR count). The summed E-state index contributed by atoms with van der Waals surface area (Å²) in [5, 5.41) is 9.55. The molecule has 0 radical (unpaired) electrons. The van der Waals surface area contributed by atoms with Crippen LogP contribution in [0.1, 0.15) is 52.9 Å². The van der Waals surface area contributed by atoms with Gasteiger partial charge in [0.2, 0.25) is 0 Å². The van der Waals surface area contributed by atoms with Gasteiger partial charge in [-0.1, -0.05) is 13.8 Å². The summed E-state index contributed by atoms with van der Waals surface area (Å²) in [6.45, 7) is 24.2. The third kappa shape index (κ3) is 5.90. The van der Waals surface area contributed by atoms with E-state index in [1.165, 1.54) is 38.9 Å². The zero-order chi connectivity index (χ0) is 21.5. The molecule has 3 unspecified atom stereocenters. The summed E-state index contributed by atoms with van der Waals surface area (Å²) in [7, 11) is 0. The van der Waals surface area contributed by atoms with E-state index in [9.17, 15) is 5.26 Å². The van der Waals surface area contributed by atoms with E-state index in [2.05, 4.69) is 51.3 Å². The quantitative estimate of drug-likeness (QED) is 0.451. The average molecular weight is 413 g/mol. The van der Waals surface area contributed by atoms with Crippen molar-refractivity contribution in [1.29, 1.82) is 5.26 Å². The van der Waals surface area contributed by atoms with Crippen molar-refractivity contribution in [2.45, 2.75) is 58.9 Å². The normalized spacial score (nSPS) is 29.8. The Morgan fingerprint density at radius 1 is 1.00 bits per heavy atom. The maximum atomic E-state index is 9.55. The summed E-state index contributed by atoms with van der Waals surface area (Å²) in [5.74, 6) is 2.47. The van der Waals surface area contributed by atoms with Crippen molar-refractivity contribution in [3.05, 3.63) is 22.9 Å². The highest BCUT2D eigenvalue weighted by Gasteiger charge is 2.29. The molecule has 6 heteroatoms. The fourth-order valence-electron chi connectivity index (χ4n) is 5.76. The molecule has 0 bridgehead atoms. The lowest BCUT2D eigenvalue weighted by molar-refractivity contribution is 0.136. The Balaban J connectivity index is 1.52. The van der Waals surface area contributed by atoms with Gasteiger partial charge < -0.3 is 19.6 Å². The molecule has 3 fully saturated rings. The first-order valence-electron chi connectivity index (χ1n) is 12.0. The van der Waals surface area contributed by atoms with Crippen molar-refractivity contribution in [3.63, 3.8) is 0 Å². The average Bonchev–Trinajstić information content (AvgIpc) is 3.29. The summed E-state index contributed by atoms with van der Waals surface area (Å²) in [6.07, 6.45) is 6.17. The van der Waals surface area contributed by atoms with Gasteiger partial charge in [0.15, 0.2) is 0 Å². The molecule has 3 heterocycles. The van der Waals surface area contributed by atoms with E-state index in [4.69, 9.17) is 6.57 Å². The lowest BCUT2D eigenvalue weighted by Crippen LogP contribution is -2.40. The molecular weight excluding hydrogens is 372 g/mol. The van der Waals surface area contributed by atoms with Gasteiger partial charge in [-0.15, -0.1) is 0 Å². The highest BCUT2D eigenvalue weighted by atomic mass is 15.4. The van der Waals surface area contributed by atoms with Crippen LogP contribution in [0, 0.1) is 29.7 Å². The highest BCUT2D eigenvalue weighted by molar-refractivity contribution is 5.33. The molecule has 0 aromatic carbocycles. The van der Waals surface area contributed by atoms with Crippen LogP contribution in [0.25, 0.3) is 4.85 Å². The van der Waals surface area contributed by atoms with Crippen molar-refractivity contribution in [2.24, 2.45) is 11.8 Å². The van der Waals surface area contributed by atoms with Crippen LogP contribution in [-0.2, 0) is 0 Å². The van der Waals surface area contributed by atoms with Crippen LogP contribution in [0.2, 0.25) is 0 Å². The van der Waals surface area contributed by atoms with Crippen LogP contribution < -0.4 is 0 Å². The number of hydrogen-bond donors (Lipinski definition) is 0. The number of allylic oxidation sites excluding steroid dienone is 1. The van der Waals surface area contributed by atoms with Crippen LogP contribution in [0.3, 0.4) is 0 Å². The van der Waals surface area contributed by atoms with E-state index in [0.29, 0.717) is 6.04 Å². The Hall–Kier alpha value is -1.76. The summed E-state index contributed by atoms with van der Waals surface area (Å²) >= 11 is 0. The highest BCUT2D eigenvalue weighted by Crippen LogP contribution is 2.25. The SMILES string of the molecule is [C-]#[N+]C(C#N)=C1N(CCCN2CC(C)CC(C)C2)CCN1CCCN1CCCC1C. The zero-order valence-corrected chi connectivity index (χ0v) is 19.3. The molecule has 3 atom stereocenters. The standard InChI is InChI=1S/C24H40N6/c1-20-16-21(2)19-27(18-20)9-6-12-29-14-15-30(24(29)23(17-25)26-4)13-7-11-28-10-5-8-22(28)3/h20-22H,5-16,18-19H2,1-3H3. The van der Waals surface area contributed by atoms with Crippen molar-refractivity contribution >= 4 is 0 Å². The van der Waals surface area contributed by atoms with Crippen LogP contribution in [0.5, 0.6) is 0 Å². The number of nitrogens with zero attached hydrogens (tertiary/aromatic N) is 6. The Labute approximate surface area is 183 Å². The first-order valence-corrected chi connectivity index (χ1v) is 12.0. The lowest BCUT2D eigenvalue weighted by Gasteiger charge is -2.35. The van der Waals surface area contributed by atoms with Gasteiger partial charge in [-0.2, -0.15) is 0 Å². The largest absolute Gasteiger partial charge is 0.365 e. The van der Waals surface area contributed by atoms with Crippen molar-refractivity contribution < 1.29 is 0 Å². The minimum absolute atomic E-state index is 0.266. The summed E-state index contributed by atoms with van der Waals surface area (Å²) in [4.78, 5) is 13.3. The minimum Gasteiger partial charge on any atom is -0.365 e. The van der Waals surface area contributed by atoms with Gasteiger partial charge in [-0.25, -0.2) is 10.1 Å². The maximum Gasteiger partial charge on any atom is 0.300 e. The van der Waals surface area contributed by atoms with Crippen molar-refractivity contribution in [1.82, 2.24) is 19.6 Å². The molecule has 3 saturated heterocycles. The smallest absolute Gasteiger partial charge is 0.300 e. The van der Waals surface area contributed by atoms with Crippen LogP contribution >= 0.6 is 0 Å². The Kier molecular flexibility index (Phi) is 8.42. The second kappa shape index (κ2) is 11.0. The van der Waals surface area contributed by atoms with Crippen molar-refractivity contribution in [3.8, 4) is 6.07 Å². The zero-order valence-electron chi connectivity index (χ0n) is 19.3. The topological polar surface area (TPSA) is 41.1 Å². The number of piperidine rings is 1. The summed E-state index contributed by atoms with van der Waals surface area (Å²) in [5.41, 5.74) is 0.266. The number of likely N-dealkylation sites (tertiary alicyclic amines) is 2. The Morgan fingerprint density at radius 2 is 1.63 bits per heavy atom. The van der Waals surface area contributed by atoms with Gasteiger partial charge in [0.05, 0.1) is 12.6 Å². The number of hydrogen-bond acceptors (Lipinski definition) is 5. The van der Waals surface area contributed by atoms with Crippen LogP contribution in [0.15, 0.2) is 11.5 Å². The van der Waals surface area contributed by atoms with Gasteiger partial charge in [0, 0.05) is 51.9 Å². The van der Waals surface area contributed by atoms with E-state index in [-0.39, 0.29) is 5.70 Å². The van der Waals surface area contributed by atoms with Crippen LogP contribution in [-0.4, -0.2) is 84.5 Å². The third-order valence-electron chi connectivity index (χ3n) is 7.08. The molecule has 0 spiro atoms. The molecule has 0 aromatic heterocycles. The molecule has 0 N–H and O–H groups in total. The third-order valence-corrected chi connectivity index (χ3v) is 7.08. The molecule has 166 valence electrons. The monoisotopic (exact) mass is 412 g/mol. The molecule has 3 aliphatic heterocycles. The molecule has 6 nitrogen and oxygen atoms in total. The molecule has 0 amide bonds. The van der Waals surface area contributed by atoms with E-state index in [1.807, 2.05) is 0 Å². The first kappa shape index (κ1) is 22.9. The Morgan fingerprint density at radius 3 is 2.17 bits per heavy atom. The van der Waals surface area contributed by atoms with Gasteiger partial charge in [0.25, 0.3) is 0 Å². The van der Waals surface area contributed by atoms with Gasteiger partial charge in [-0.3, -0.25) is 0 Å². The molecule has 30 heavy (non-hydrogen) atoms. The molecule has 3 aliphatic rings. The lowest BCUT2D eigenvalue weighted by atomic mass is 9.92. The molecular formula is C24H40N6. The van der Waals surface area contributed by atoms with Gasteiger partial charge in [0.1, 0.15) is 5.82 Å². The fraction of sp³-hybridized carbons (Fsp3) is 0.833. The number of rotatable bonds is 8. The predicted octanol–water partition coefficient (Wildman–Crippen LogP) is 3.46. The minimum atomic E-state index is 0.266. The van der Waals surface area contributed by atoms with E-state index >= 15 is 0 Å². The van der Waals surface area contributed by atoms with Gasteiger partial charge >= 0.3 is 5.70 Å². The summed E-state index contributed by atoms with van der Waals surface area (Å²) < 4.78 is 0. The molecule has 0 saturated carbocycles. The number of nitriles is 1. The van der Waals surface area contributed by atoms with E-state index in [1.54, 1.807) is 0 Å². The molecule has 0 aliphatic carbocycles.